The molecule has 2 N–H and O–H groups in total. The largest absolute Gasteiger partial charge is 0.348 e. The highest BCUT2D eigenvalue weighted by Gasteiger charge is 2.32. The number of hydrogen-bond donors (Lipinski definition) is 2. The van der Waals surface area contributed by atoms with Gasteiger partial charge in [0.1, 0.15) is 5.04 Å². The lowest BCUT2D eigenvalue weighted by molar-refractivity contribution is -0.117. The molecule has 4 nitrogen and oxygen atoms in total. The van der Waals surface area contributed by atoms with Crippen LogP contribution in [0.3, 0.4) is 0 Å². The van der Waals surface area contributed by atoms with Gasteiger partial charge in [0.25, 0.3) is 5.91 Å². The van der Waals surface area contributed by atoms with Crippen molar-refractivity contribution in [2.45, 2.75) is 18.7 Å². The van der Waals surface area contributed by atoms with Crippen molar-refractivity contribution in [1.29, 1.82) is 5.41 Å². The van der Waals surface area contributed by atoms with E-state index in [0.29, 0.717) is 17.2 Å². The zero-order chi connectivity index (χ0) is 16.2. The van der Waals surface area contributed by atoms with Crippen LogP contribution >= 0.6 is 11.8 Å². The molecule has 2 heterocycles. The molecule has 2 aromatic rings. The van der Waals surface area contributed by atoms with E-state index in [1.165, 1.54) is 11.8 Å². The highest BCUT2D eigenvalue weighted by molar-refractivity contribution is 8.15. The molecule has 0 fully saturated rings. The second-order valence-electron chi connectivity index (χ2n) is 5.29. The van der Waals surface area contributed by atoms with Crippen molar-refractivity contribution in [3.63, 3.8) is 0 Å². The minimum absolute atomic E-state index is 0.101. The Labute approximate surface area is 139 Å². The van der Waals surface area contributed by atoms with Crippen LogP contribution < -0.4 is 5.32 Å². The van der Waals surface area contributed by atoms with Crippen LogP contribution in [0.25, 0.3) is 5.57 Å². The molecule has 1 aromatic heterocycles. The molecule has 1 unspecified atom stereocenters. The van der Waals surface area contributed by atoms with Gasteiger partial charge in [-0.2, -0.15) is 0 Å². The first-order valence-electron chi connectivity index (χ1n) is 7.39. The normalized spacial score (nSPS) is 17.4. The summed E-state index contributed by atoms with van der Waals surface area (Å²) in [5.74, 6) is -0.199. The number of carbonyl (C=O) groups excluding carboxylic acids is 1. The third-order valence-electron chi connectivity index (χ3n) is 3.69. The minimum atomic E-state index is -0.199. The molecule has 0 bridgehead atoms. The first-order valence-corrected chi connectivity index (χ1v) is 8.27. The number of benzene rings is 1. The fourth-order valence-electron chi connectivity index (χ4n) is 2.62. The van der Waals surface area contributed by atoms with E-state index >= 15 is 0 Å². The average Bonchev–Trinajstić information content (AvgIpc) is 2.88. The lowest BCUT2D eigenvalue weighted by atomic mass is 9.97. The van der Waals surface area contributed by atoms with E-state index < -0.39 is 0 Å². The number of thioether (sulfide) groups is 1. The van der Waals surface area contributed by atoms with Crippen molar-refractivity contribution < 1.29 is 4.79 Å². The first-order chi connectivity index (χ1) is 11.2. The molecule has 0 saturated carbocycles. The van der Waals surface area contributed by atoms with Gasteiger partial charge < -0.3 is 5.32 Å². The van der Waals surface area contributed by atoms with Gasteiger partial charge in [-0.05, 0) is 29.7 Å². The van der Waals surface area contributed by atoms with E-state index in [-0.39, 0.29) is 11.2 Å². The van der Waals surface area contributed by atoms with E-state index in [0.717, 1.165) is 16.7 Å². The summed E-state index contributed by atoms with van der Waals surface area (Å²) in [6.45, 7) is 2.44. The molecule has 0 spiro atoms. The maximum absolute atomic E-state index is 12.6. The number of aromatic nitrogens is 1. The first kappa shape index (κ1) is 15.5. The lowest BCUT2D eigenvalue weighted by Crippen LogP contribution is -2.26. The zero-order valence-corrected chi connectivity index (χ0v) is 13.6. The quantitative estimate of drug-likeness (QED) is 0.907. The molecule has 0 radical (unpaired) electrons. The van der Waals surface area contributed by atoms with Crippen LogP contribution in [0.4, 0.5) is 0 Å². The predicted molar refractivity (Wildman–Crippen MR) is 94.2 cm³/mol. The van der Waals surface area contributed by atoms with Crippen LogP contribution in [0.15, 0.2) is 60.4 Å². The summed E-state index contributed by atoms with van der Waals surface area (Å²) >= 11 is 1.42. The minimum Gasteiger partial charge on any atom is -0.348 e. The monoisotopic (exact) mass is 323 g/mol. The molecular formula is C18H17N3OS. The molecule has 1 amide bonds. The van der Waals surface area contributed by atoms with Gasteiger partial charge >= 0.3 is 0 Å². The molecule has 0 aliphatic carbocycles. The Morgan fingerprint density at radius 3 is 2.74 bits per heavy atom. The molecule has 1 aliphatic heterocycles. The van der Waals surface area contributed by atoms with E-state index in [1.807, 2.05) is 49.4 Å². The van der Waals surface area contributed by atoms with Gasteiger partial charge in [0.2, 0.25) is 0 Å². The van der Waals surface area contributed by atoms with E-state index in [9.17, 15) is 4.79 Å². The maximum atomic E-state index is 12.6. The van der Waals surface area contributed by atoms with Crippen molar-refractivity contribution in [3.8, 4) is 0 Å². The number of hydrogen-bond acceptors (Lipinski definition) is 4. The third kappa shape index (κ3) is 3.35. The summed E-state index contributed by atoms with van der Waals surface area (Å²) in [6.07, 6.45) is 3.43. The smallest absolute Gasteiger partial charge is 0.254 e. The maximum Gasteiger partial charge on any atom is 0.254 e. The van der Waals surface area contributed by atoms with E-state index in [1.54, 1.807) is 12.4 Å². The predicted octanol–water partition coefficient (Wildman–Crippen LogP) is 3.26. The van der Waals surface area contributed by atoms with E-state index in [2.05, 4.69) is 10.3 Å². The number of amides is 1. The highest BCUT2D eigenvalue weighted by Crippen LogP contribution is 2.40. The Kier molecular flexibility index (Phi) is 4.57. The topological polar surface area (TPSA) is 65.8 Å². The Hall–Kier alpha value is -2.40. The fourth-order valence-corrected chi connectivity index (χ4v) is 3.66. The molecular weight excluding hydrogens is 306 g/mol. The zero-order valence-electron chi connectivity index (χ0n) is 12.7. The fraction of sp³-hybridized carbons (Fsp3) is 0.167. The summed E-state index contributed by atoms with van der Waals surface area (Å²) in [4.78, 5) is 16.7. The third-order valence-corrected chi connectivity index (χ3v) is 4.71. The molecule has 3 rings (SSSR count). The summed E-state index contributed by atoms with van der Waals surface area (Å²) < 4.78 is 0. The molecule has 5 heteroatoms. The summed E-state index contributed by atoms with van der Waals surface area (Å²) in [6, 6.07) is 13.6. The van der Waals surface area contributed by atoms with E-state index in [4.69, 9.17) is 5.41 Å². The number of carbonyl (C=O) groups is 1. The van der Waals surface area contributed by atoms with Crippen molar-refractivity contribution in [2.24, 2.45) is 0 Å². The summed E-state index contributed by atoms with van der Waals surface area (Å²) in [7, 11) is 0. The molecule has 1 aromatic carbocycles. The Morgan fingerprint density at radius 1 is 1.26 bits per heavy atom. The van der Waals surface area contributed by atoms with Crippen LogP contribution in [-0.2, 0) is 11.3 Å². The lowest BCUT2D eigenvalue weighted by Gasteiger charge is -2.11. The van der Waals surface area contributed by atoms with Crippen molar-refractivity contribution >= 4 is 28.3 Å². The van der Waals surface area contributed by atoms with Gasteiger partial charge in [0.05, 0.1) is 5.57 Å². The number of pyridine rings is 1. The molecule has 0 saturated heterocycles. The van der Waals surface area contributed by atoms with Crippen LogP contribution in [0.5, 0.6) is 0 Å². The Balaban J connectivity index is 1.86. The summed E-state index contributed by atoms with van der Waals surface area (Å²) in [5.41, 5.74) is 3.36. The van der Waals surface area contributed by atoms with Crippen molar-refractivity contribution in [2.75, 3.05) is 0 Å². The summed E-state index contributed by atoms with van der Waals surface area (Å²) in [5, 5.41) is 11.5. The van der Waals surface area contributed by atoms with Gasteiger partial charge in [0, 0.05) is 24.2 Å². The molecule has 116 valence electrons. The standard InChI is InChI=1S/C18H17N3OS/c1-12-15(14-7-3-2-4-8-14)16(17(19)23-12)18(22)21-11-13-6-5-9-20-10-13/h2-10,12,19H,11H2,1H3,(H,21,22). The number of nitrogens with one attached hydrogen (secondary N) is 2. The van der Waals surface area contributed by atoms with Gasteiger partial charge in [0.15, 0.2) is 0 Å². The SMILES string of the molecule is CC1SC(=N)C(C(=O)NCc2cccnc2)=C1c1ccccc1. The second-order valence-corrected chi connectivity index (χ2v) is 6.64. The van der Waals surface area contributed by atoms with Crippen LogP contribution in [-0.4, -0.2) is 21.2 Å². The average molecular weight is 323 g/mol. The molecule has 1 atom stereocenters. The van der Waals surface area contributed by atoms with Crippen LogP contribution in [0.1, 0.15) is 18.1 Å². The second kappa shape index (κ2) is 6.79. The van der Waals surface area contributed by atoms with Gasteiger partial charge in [-0.3, -0.25) is 15.2 Å². The van der Waals surface area contributed by atoms with Gasteiger partial charge in [-0.1, -0.05) is 48.2 Å². The van der Waals surface area contributed by atoms with Crippen LogP contribution in [0, 0.1) is 5.41 Å². The number of nitrogens with zero attached hydrogens (tertiary/aromatic N) is 1. The van der Waals surface area contributed by atoms with Crippen LogP contribution in [0.2, 0.25) is 0 Å². The van der Waals surface area contributed by atoms with Gasteiger partial charge in [-0.15, -0.1) is 0 Å². The molecule has 23 heavy (non-hydrogen) atoms. The van der Waals surface area contributed by atoms with Gasteiger partial charge in [-0.25, -0.2) is 0 Å². The Bertz CT molecular complexity index is 756. The number of rotatable bonds is 4. The van der Waals surface area contributed by atoms with Crippen molar-refractivity contribution in [3.05, 3.63) is 71.6 Å². The Morgan fingerprint density at radius 2 is 2.04 bits per heavy atom. The van der Waals surface area contributed by atoms with Crippen molar-refractivity contribution in [1.82, 2.24) is 10.3 Å². The highest BCUT2D eigenvalue weighted by atomic mass is 32.2. The molecule has 1 aliphatic rings.